The predicted molar refractivity (Wildman–Crippen MR) is 62.1 cm³/mol. The van der Waals surface area contributed by atoms with Gasteiger partial charge in [-0.25, -0.2) is 4.79 Å². The molecule has 0 aromatic carbocycles. The van der Waals surface area contributed by atoms with Crippen molar-refractivity contribution in [3.8, 4) is 0 Å². The van der Waals surface area contributed by atoms with Gasteiger partial charge in [-0.1, -0.05) is 13.8 Å². The van der Waals surface area contributed by atoms with Gasteiger partial charge in [-0.05, 0) is 28.1 Å². The van der Waals surface area contributed by atoms with E-state index in [0.717, 1.165) is 5.52 Å². The second-order valence-electron chi connectivity index (χ2n) is 2.56. The maximum atomic E-state index is 11.3. The van der Waals surface area contributed by atoms with E-state index in [4.69, 9.17) is 0 Å². The normalized spacial score (nSPS) is 9.60. The highest BCUT2D eigenvalue weighted by atomic mass is 79.9. The molecule has 2 aromatic heterocycles. The van der Waals surface area contributed by atoms with E-state index in [1.54, 1.807) is 4.52 Å². The second-order valence-corrected chi connectivity index (χ2v) is 3.35. The third kappa shape index (κ3) is 2.07. The molecular formula is C10H13BrN2O2. The number of nitrogens with one attached hydrogen (secondary N) is 1. The van der Waals surface area contributed by atoms with Gasteiger partial charge in [0.15, 0.2) is 0 Å². The second kappa shape index (κ2) is 5.02. The molecule has 0 saturated heterocycles. The molecule has 0 spiro atoms. The Balaban J connectivity index is 0.000000531. The van der Waals surface area contributed by atoms with Crippen molar-refractivity contribution in [1.29, 1.82) is 0 Å². The summed E-state index contributed by atoms with van der Waals surface area (Å²) in [5, 5.41) is 2.95. The van der Waals surface area contributed by atoms with E-state index in [1.165, 1.54) is 7.11 Å². The van der Waals surface area contributed by atoms with Gasteiger partial charge in [0.2, 0.25) is 0 Å². The van der Waals surface area contributed by atoms with Crippen LogP contribution in [0, 0.1) is 0 Å². The van der Waals surface area contributed by atoms with Gasteiger partial charge in [-0.15, -0.1) is 0 Å². The lowest BCUT2D eigenvalue weighted by molar-refractivity contribution is 0.0602. The van der Waals surface area contributed by atoms with Crippen molar-refractivity contribution in [1.82, 2.24) is 9.61 Å². The maximum absolute atomic E-state index is 11.3. The zero-order chi connectivity index (χ0) is 11.4. The van der Waals surface area contributed by atoms with Crippen molar-refractivity contribution in [2.75, 3.05) is 7.11 Å². The van der Waals surface area contributed by atoms with E-state index in [2.05, 4.69) is 25.8 Å². The number of aromatic amines is 1. The fourth-order valence-electron chi connectivity index (χ4n) is 1.25. The molecule has 0 bridgehead atoms. The smallest absolute Gasteiger partial charge is 0.342 e. The Kier molecular flexibility index (Phi) is 3.96. The molecule has 4 nitrogen and oxygen atoms in total. The van der Waals surface area contributed by atoms with Crippen LogP contribution in [0.4, 0.5) is 0 Å². The molecule has 0 aliphatic carbocycles. The number of hydrogen-bond acceptors (Lipinski definition) is 2. The fourth-order valence-corrected chi connectivity index (χ4v) is 1.81. The minimum Gasteiger partial charge on any atom is -0.465 e. The Morgan fingerprint density at radius 3 is 2.80 bits per heavy atom. The summed E-state index contributed by atoms with van der Waals surface area (Å²) in [4.78, 5) is 11.3. The summed E-state index contributed by atoms with van der Waals surface area (Å²) < 4.78 is 7.03. The summed E-state index contributed by atoms with van der Waals surface area (Å²) >= 11 is 3.25. The number of halogens is 1. The number of esters is 1. The van der Waals surface area contributed by atoms with Gasteiger partial charge in [0.05, 0.1) is 12.6 Å². The average molecular weight is 273 g/mol. The van der Waals surface area contributed by atoms with Crippen molar-refractivity contribution in [2.45, 2.75) is 13.8 Å². The van der Waals surface area contributed by atoms with Crippen LogP contribution in [0.15, 0.2) is 22.9 Å². The first-order valence-corrected chi connectivity index (χ1v) is 5.46. The van der Waals surface area contributed by atoms with Crippen LogP contribution in [0.25, 0.3) is 5.52 Å². The first-order chi connectivity index (χ1) is 7.24. The van der Waals surface area contributed by atoms with Crippen LogP contribution in [0.2, 0.25) is 0 Å². The standard InChI is InChI=1S/C8H7BrN2O2.C2H6/c1-13-8(12)6-5-3-2-4-11(5)10-7(6)9;1-2/h2-4,10H,1H3;1-2H3. The predicted octanol–water partition coefficient (Wildman–Crippen LogP) is 2.84. The molecule has 5 heteroatoms. The summed E-state index contributed by atoms with van der Waals surface area (Å²) in [6.07, 6.45) is 1.83. The Labute approximate surface area is 96.3 Å². The molecule has 2 heterocycles. The highest BCUT2D eigenvalue weighted by molar-refractivity contribution is 9.10. The molecule has 2 rings (SSSR count). The van der Waals surface area contributed by atoms with Gasteiger partial charge in [-0.2, -0.15) is 0 Å². The largest absolute Gasteiger partial charge is 0.465 e. The lowest BCUT2D eigenvalue weighted by Crippen LogP contribution is -2.00. The van der Waals surface area contributed by atoms with E-state index >= 15 is 0 Å². The molecule has 1 N–H and O–H groups in total. The lowest BCUT2D eigenvalue weighted by Gasteiger charge is -1.94. The van der Waals surface area contributed by atoms with Crippen LogP contribution in [-0.4, -0.2) is 22.7 Å². The summed E-state index contributed by atoms with van der Waals surface area (Å²) in [5.41, 5.74) is 1.33. The quantitative estimate of drug-likeness (QED) is 0.812. The van der Waals surface area contributed by atoms with E-state index in [1.807, 2.05) is 32.2 Å². The summed E-state index contributed by atoms with van der Waals surface area (Å²) in [7, 11) is 1.36. The molecule has 15 heavy (non-hydrogen) atoms. The molecule has 0 aliphatic heterocycles. The topological polar surface area (TPSA) is 46.5 Å². The number of ether oxygens (including phenoxy) is 1. The zero-order valence-corrected chi connectivity index (χ0v) is 10.5. The average Bonchev–Trinajstić information content (AvgIpc) is 2.79. The van der Waals surface area contributed by atoms with Crippen molar-refractivity contribution < 1.29 is 9.53 Å². The molecule has 0 saturated carbocycles. The van der Waals surface area contributed by atoms with Gasteiger partial charge >= 0.3 is 5.97 Å². The Hall–Kier alpha value is -1.23. The number of hydrogen-bond donors (Lipinski definition) is 1. The first kappa shape index (κ1) is 11.8. The molecule has 82 valence electrons. The minimum atomic E-state index is -0.350. The Morgan fingerprint density at radius 2 is 2.20 bits per heavy atom. The van der Waals surface area contributed by atoms with Gasteiger partial charge in [0, 0.05) is 6.20 Å². The third-order valence-corrected chi connectivity index (χ3v) is 2.41. The Bertz CT molecular complexity index is 459. The molecule has 0 fully saturated rings. The van der Waals surface area contributed by atoms with Crippen molar-refractivity contribution >= 4 is 27.4 Å². The Morgan fingerprint density at radius 1 is 1.53 bits per heavy atom. The number of nitrogens with zero attached hydrogens (tertiary/aromatic N) is 1. The van der Waals surface area contributed by atoms with E-state index < -0.39 is 0 Å². The molecule has 0 atom stereocenters. The molecule has 2 aromatic rings. The van der Waals surface area contributed by atoms with E-state index in [9.17, 15) is 4.79 Å². The maximum Gasteiger partial charge on any atom is 0.342 e. The molecule has 0 unspecified atom stereocenters. The molecular weight excluding hydrogens is 260 g/mol. The molecule has 0 aliphatic rings. The van der Waals surface area contributed by atoms with Crippen LogP contribution < -0.4 is 0 Å². The van der Waals surface area contributed by atoms with Crippen molar-refractivity contribution in [3.63, 3.8) is 0 Å². The highest BCUT2D eigenvalue weighted by Gasteiger charge is 2.17. The summed E-state index contributed by atoms with van der Waals surface area (Å²) in [6, 6.07) is 3.69. The van der Waals surface area contributed by atoms with Gasteiger partial charge in [0.25, 0.3) is 0 Å². The van der Waals surface area contributed by atoms with Crippen molar-refractivity contribution in [3.05, 3.63) is 28.5 Å². The number of methoxy groups -OCH3 is 1. The lowest BCUT2D eigenvalue weighted by atomic mass is 10.3. The number of carbonyl (C=O) groups is 1. The zero-order valence-electron chi connectivity index (χ0n) is 8.87. The summed E-state index contributed by atoms with van der Waals surface area (Å²) in [6.45, 7) is 4.00. The van der Waals surface area contributed by atoms with Gasteiger partial charge in [0.1, 0.15) is 10.2 Å². The monoisotopic (exact) mass is 272 g/mol. The van der Waals surface area contributed by atoms with Crippen molar-refractivity contribution in [2.24, 2.45) is 0 Å². The molecule has 0 radical (unpaired) electrons. The number of aromatic nitrogens is 2. The SMILES string of the molecule is CC.COC(=O)c1c(Br)[nH]n2cccc12. The highest BCUT2D eigenvalue weighted by Crippen LogP contribution is 2.21. The number of rotatable bonds is 1. The van der Waals surface area contributed by atoms with Crippen LogP contribution in [0.3, 0.4) is 0 Å². The van der Waals surface area contributed by atoms with E-state index in [-0.39, 0.29) is 5.97 Å². The van der Waals surface area contributed by atoms with Crippen LogP contribution >= 0.6 is 15.9 Å². The number of carbonyl (C=O) groups excluding carboxylic acids is 1. The van der Waals surface area contributed by atoms with Gasteiger partial charge in [-0.3, -0.25) is 9.61 Å². The molecule has 0 amide bonds. The van der Waals surface area contributed by atoms with Gasteiger partial charge < -0.3 is 4.74 Å². The first-order valence-electron chi connectivity index (χ1n) is 4.67. The minimum absolute atomic E-state index is 0.350. The van der Waals surface area contributed by atoms with Crippen LogP contribution in [-0.2, 0) is 4.74 Å². The summed E-state index contributed by atoms with van der Waals surface area (Å²) in [5.74, 6) is -0.350. The number of H-pyrrole nitrogens is 1. The van der Waals surface area contributed by atoms with Crippen LogP contribution in [0.1, 0.15) is 24.2 Å². The third-order valence-electron chi connectivity index (χ3n) is 1.83. The number of fused-ring (bicyclic) bond motifs is 1. The fraction of sp³-hybridized carbons (Fsp3) is 0.300. The van der Waals surface area contributed by atoms with E-state index in [0.29, 0.717) is 10.2 Å². The van der Waals surface area contributed by atoms with Crippen LogP contribution in [0.5, 0.6) is 0 Å².